The predicted molar refractivity (Wildman–Crippen MR) is 74.1 cm³/mol. The molecule has 1 rings (SSSR count). The molecule has 0 unspecified atom stereocenters. The van der Waals surface area contributed by atoms with Crippen LogP contribution in [0.25, 0.3) is 0 Å². The van der Waals surface area contributed by atoms with E-state index in [1.165, 1.54) is 6.07 Å². The second kappa shape index (κ2) is 6.39. The lowest BCUT2D eigenvalue weighted by Crippen LogP contribution is -2.10. The lowest BCUT2D eigenvalue weighted by Gasteiger charge is -2.10. The number of aryl methyl sites for hydroxylation is 2. The van der Waals surface area contributed by atoms with Gasteiger partial charge in [-0.3, -0.25) is 0 Å². The van der Waals surface area contributed by atoms with Crippen LogP contribution in [0.5, 0.6) is 0 Å². The number of carbonyl (C=O) groups excluding carboxylic acids is 1. The number of rotatable bonds is 5. The molecule has 0 heterocycles. The Hall–Kier alpha value is -1.07. The molecule has 0 fully saturated rings. The molecule has 0 bridgehead atoms. The normalized spacial score (nSPS) is 11.4. The van der Waals surface area contributed by atoms with Gasteiger partial charge in [-0.2, -0.15) is 0 Å². The molecule has 0 spiro atoms. The quantitative estimate of drug-likeness (QED) is 0.476. The summed E-state index contributed by atoms with van der Waals surface area (Å²) in [6.07, 6.45) is 1.69. The van der Waals surface area contributed by atoms with Crippen LogP contribution in [-0.2, 0) is 13.8 Å². The van der Waals surface area contributed by atoms with Gasteiger partial charge in [-0.15, -0.1) is 0 Å². The standard InChI is InChI=1S/C13H17ClO4S/c1-4-5-6-18-13(15)11-8-12(19(14,16)17)10(3)7-9(11)2/h7-8H,4-6H2,1-3H3. The average molecular weight is 305 g/mol. The van der Waals surface area contributed by atoms with Crippen LogP contribution >= 0.6 is 10.7 Å². The van der Waals surface area contributed by atoms with Crippen LogP contribution in [-0.4, -0.2) is 21.0 Å². The van der Waals surface area contributed by atoms with E-state index >= 15 is 0 Å². The monoisotopic (exact) mass is 304 g/mol. The van der Waals surface area contributed by atoms with Crippen molar-refractivity contribution in [2.75, 3.05) is 6.61 Å². The lowest BCUT2D eigenvalue weighted by molar-refractivity contribution is 0.0498. The summed E-state index contributed by atoms with van der Waals surface area (Å²) in [5, 5.41) is 0. The van der Waals surface area contributed by atoms with E-state index in [1.54, 1.807) is 19.9 Å². The Labute approximate surface area is 118 Å². The molecule has 0 aliphatic rings. The first-order chi connectivity index (χ1) is 8.77. The molecule has 1 aromatic rings. The molecule has 0 N–H and O–H groups in total. The average Bonchev–Trinajstić information content (AvgIpc) is 2.27. The fraction of sp³-hybridized carbons (Fsp3) is 0.462. The lowest BCUT2D eigenvalue weighted by atomic mass is 10.1. The first-order valence-corrected chi connectivity index (χ1v) is 8.31. The Bertz CT molecular complexity index is 579. The first kappa shape index (κ1) is 16.0. The highest BCUT2D eigenvalue weighted by Gasteiger charge is 2.19. The van der Waals surface area contributed by atoms with Crippen LogP contribution < -0.4 is 0 Å². The van der Waals surface area contributed by atoms with Gasteiger partial charge in [0.25, 0.3) is 9.05 Å². The molecular formula is C13H17ClO4S. The van der Waals surface area contributed by atoms with Gasteiger partial charge in [-0.25, -0.2) is 13.2 Å². The SMILES string of the molecule is CCCCOC(=O)c1cc(S(=O)(=O)Cl)c(C)cc1C. The summed E-state index contributed by atoms with van der Waals surface area (Å²) in [5.41, 5.74) is 1.42. The maximum Gasteiger partial charge on any atom is 0.338 e. The largest absolute Gasteiger partial charge is 0.462 e. The zero-order valence-corrected chi connectivity index (χ0v) is 12.8. The zero-order valence-electron chi connectivity index (χ0n) is 11.2. The van der Waals surface area contributed by atoms with Crippen molar-refractivity contribution < 1.29 is 17.9 Å². The number of benzene rings is 1. The van der Waals surface area contributed by atoms with Crippen LogP contribution in [0, 0.1) is 13.8 Å². The molecular weight excluding hydrogens is 288 g/mol. The third-order valence-electron chi connectivity index (χ3n) is 2.74. The van der Waals surface area contributed by atoms with E-state index in [1.807, 2.05) is 6.92 Å². The van der Waals surface area contributed by atoms with Crippen molar-refractivity contribution in [3.05, 3.63) is 28.8 Å². The summed E-state index contributed by atoms with van der Waals surface area (Å²) in [6.45, 7) is 5.68. The summed E-state index contributed by atoms with van der Waals surface area (Å²) in [6, 6.07) is 2.90. The Kier molecular flexibility index (Phi) is 5.38. The number of esters is 1. The minimum atomic E-state index is -3.87. The summed E-state index contributed by atoms with van der Waals surface area (Å²) in [4.78, 5) is 11.8. The molecule has 6 heteroatoms. The highest BCUT2D eigenvalue weighted by atomic mass is 35.7. The van der Waals surface area contributed by atoms with Crippen molar-refractivity contribution in [2.24, 2.45) is 0 Å². The fourth-order valence-electron chi connectivity index (χ4n) is 1.70. The summed E-state index contributed by atoms with van der Waals surface area (Å²) < 4.78 is 27.9. The van der Waals surface area contributed by atoms with Gasteiger partial charge in [0.1, 0.15) is 0 Å². The highest BCUT2D eigenvalue weighted by molar-refractivity contribution is 8.13. The molecule has 0 atom stereocenters. The smallest absolute Gasteiger partial charge is 0.338 e. The van der Waals surface area contributed by atoms with E-state index in [4.69, 9.17) is 15.4 Å². The third kappa shape index (κ3) is 4.21. The van der Waals surface area contributed by atoms with Crippen LogP contribution in [0.1, 0.15) is 41.3 Å². The summed E-state index contributed by atoms with van der Waals surface area (Å²) in [5.74, 6) is -0.521. The van der Waals surface area contributed by atoms with Crippen molar-refractivity contribution in [2.45, 2.75) is 38.5 Å². The molecule has 0 aromatic heterocycles. The number of hydrogen-bond donors (Lipinski definition) is 0. The van der Waals surface area contributed by atoms with E-state index in [-0.39, 0.29) is 10.5 Å². The van der Waals surface area contributed by atoms with Crippen molar-refractivity contribution in [3.8, 4) is 0 Å². The van der Waals surface area contributed by atoms with Crippen LogP contribution in [0.2, 0.25) is 0 Å². The van der Waals surface area contributed by atoms with Crippen LogP contribution in [0.3, 0.4) is 0 Å². The minimum absolute atomic E-state index is 0.0535. The molecule has 4 nitrogen and oxygen atoms in total. The van der Waals surface area contributed by atoms with Gasteiger partial charge in [-0.05, 0) is 37.5 Å². The van der Waals surface area contributed by atoms with E-state index in [0.29, 0.717) is 17.7 Å². The van der Waals surface area contributed by atoms with E-state index in [9.17, 15) is 13.2 Å². The Balaban J connectivity index is 3.11. The van der Waals surface area contributed by atoms with E-state index < -0.39 is 15.0 Å². The van der Waals surface area contributed by atoms with Crippen molar-refractivity contribution in [1.29, 1.82) is 0 Å². The maximum absolute atomic E-state index is 11.9. The second-order valence-corrected chi connectivity index (χ2v) is 6.89. The topological polar surface area (TPSA) is 60.4 Å². The predicted octanol–water partition coefficient (Wildman–Crippen LogP) is 3.19. The molecule has 106 valence electrons. The van der Waals surface area contributed by atoms with Crippen LogP contribution in [0.4, 0.5) is 0 Å². The van der Waals surface area contributed by atoms with E-state index in [0.717, 1.165) is 12.8 Å². The minimum Gasteiger partial charge on any atom is -0.462 e. The Morgan fingerprint density at radius 1 is 1.26 bits per heavy atom. The number of halogens is 1. The number of unbranched alkanes of at least 4 members (excludes halogenated alkanes) is 1. The molecule has 0 saturated heterocycles. The van der Waals surface area contributed by atoms with Gasteiger partial charge in [0.05, 0.1) is 17.1 Å². The second-order valence-electron chi connectivity index (χ2n) is 4.36. The Morgan fingerprint density at radius 3 is 2.42 bits per heavy atom. The van der Waals surface area contributed by atoms with Gasteiger partial charge in [-0.1, -0.05) is 19.4 Å². The zero-order chi connectivity index (χ0) is 14.6. The molecule has 0 aliphatic carbocycles. The highest BCUT2D eigenvalue weighted by Crippen LogP contribution is 2.24. The fourth-order valence-corrected chi connectivity index (χ4v) is 2.90. The van der Waals surface area contributed by atoms with Crippen molar-refractivity contribution >= 4 is 25.7 Å². The third-order valence-corrected chi connectivity index (χ3v) is 4.20. The number of carbonyl (C=O) groups is 1. The molecule has 0 aliphatic heterocycles. The number of hydrogen-bond acceptors (Lipinski definition) is 4. The first-order valence-electron chi connectivity index (χ1n) is 6.00. The summed E-state index contributed by atoms with van der Waals surface area (Å²) in [7, 11) is 1.47. The van der Waals surface area contributed by atoms with Gasteiger partial charge in [0, 0.05) is 10.7 Å². The molecule has 0 radical (unpaired) electrons. The maximum atomic E-state index is 11.9. The van der Waals surface area contributed by atoms with E-state index in [2.05, 4.69) is 0 Å². The van der Waals surface area contributed by atoms with Gasteiger partial charge in [0.15, 0.2) is 0 Å². The molecule has 1 aromatic carbocycles. The number of ether oxygens (including phenoxy) is 1. The van der Waals surface area contributed by atoms with Gasteiger partial charge < -0.3 is 4.74 Å². The van der Waals surface area contributed by atoms with Crippen LogP contribution in [0.15, 0.2) is 17.0 Å². The van der Waals surface area contributed by atoms with Crippen molar-refractivity contribution in [1.82, 2.24) is 0 Å². The molecule has 19 heavy (non-hydrogen) atoms. The molecule has 0 amide bonds. The van der Waals surface area contributed by atoms with Crippen molar-refractivity contribution in [3.63, 3.8) is 0 Å². The summed E-state index contributed by atoms with van der Waals surface area (Å²) >= 11 is 0. The molecule has 0 saturated carbocycles. The Morgan fingerprint density at radius 2 is 1.89 bits per heavy atom. The van der Waals surface area contributed by atoms with Gasteiger partial charge >= 0.3 is 5.97 Å². The van der Waals surface area contributed by atoms with Gasteiger partial charge in [0.2, 0.25) is 0 Å².